The van der Waals surface area contributed by atoms with Crippen LogP contribution in [0.3, 0.4) is 0 Å². The van der Waals surface area contributed by atoms with E-state index in [0.29, 0.717) is 11.6 Å². The van der Waals surface area contributed by atoms with Gasteiger partial charge in [-0.1, -0.05) is 44.2 Å². The summed E-state index contributed by atoms with van der Waals surface area (Å²) in [4.78, 5) is 21.3. The van der Waals surface area contributed by atoms with Gasteiger partial charge in [-0.05, 0) is 55.9 Å². The molecule has 3 aromatic rings. The summed E-state index contributed by atoms with van der Waals surface area (Å²) in [5, 5.41) is 0. The molecule has 2 aromatic carbocycles. The number of aliphatic imine (C=N–C) groups is 1. The van der Waals surface area contributed by atoms with Crippen LogP contribution >= 0.6 is 0 Å². The van der Waals surface area contributed by atoms with Crippen molar-refractivity contribution in [3.05, 3.63) is 82.4 Å². The van der Waals surface area contributed by atoms with E-state index in [1.54, 1.807) is 6.33 Å². The van der Waals surface area contributed by atoms with Crippen LogP contribution in [0.2, 0.25) is 0 Å². The van der Waals surface area contributed by atoms with Crippen LogP contribution in [0.25, 0.3) is 5.69 Å². The molecule has 0 spiro atoms. The Morgan fingerprint density at radius 3 is 2.50 bits per heavy atom. The maximum absolute atomic E-state index is 12.0. The lowest BCUT2D eigenvalue weighted by atomic mass is 9.94. The van der Waals surface area contributed by atoms with E-state index in [0.717, 1.165) is 28.2 Å². The third kappa shape index (κ3) is 3.34. The Labute approximate surface area is 177 Å². The molecule has 5 heteroatoms. The zero-order chi connectivity index (χ0) is 21.4. The van der Waals surface area contributed by atoms with Crippen LogP contribution in [-0.2, 0) is 0 Å². The Morgan fingerprint density at radius 1 is 1.10 bits per heavy atom. The van der Waals surface area contributed by atoms with E-state index in [2.05, 4.69) is 42.2 Å². The first-order chi connectivity index (χ1) is 14.5. The van der Waals surface area contributed by atoms with Crippen LogP contribution < -0.4 is 5.73 Å². The predicted molar refractivity (Wildman–Crippen MR) is 121 cm³/mol. The number of rotatable bonds is 3. The standard InChI is InChI=1S/C23H22N4O.C2H6/c1-13-5-3-4-6-17(13)20-18-11-16(15-7-8-15)9-10-19(18)27-12-25-21(23(24)28)22(27)14(2)26-20;1-2/h3-6,9-12,14-15H,7-8H2,1-2H3,(H2,24,28);1-2H3/t14-;/m0./s1. The van der Waals surface area contributed by atoms with Crippen LogP contribution in [0.4, 0.5) is 0 Å². The van der Waals surface area contributed by atoms with Gasteiger partial charge >= 0.3 is 0 Å². The maximum Gasteiger partial charge on any atom is 0.269 e. The van der Waals surface area contributed by atoms with Gasteiger partial charge in [0.25, 0.3) is 5.91 Å². The van der Waals surface area contributed by atoms with Crippen molar-refractivity contribution in [1.29, 1.82) is 0 Å². The molecule has 2 heterocycles. The largest absolute Gasteiger partial charge is 0.364 e. The van der Waals surface area contributed by atoms with Crippen molar-refractivity contribution in [3.63, 3.8) is 0 Å². The normalized spacial score (nSPS) is 17.1. The van der Waals surface area contributed by atoms with Gasteiger partial charge in [-0.15, -0.1) is 0 Å². The molecule has 2 aliphatic rings. The zero-order valence-corrected chi connectivity index (χ0v) is 18.0. The van der Waals surface area contributed by atoms with Gasteiger partial charge in [-0.2, -0.15) is 0 Å². The van der Waals surface area contributed by atoms with Crippen molar-refractivity contribution in [1.82, 2.24) is 9.55 Å². The highest BCUT2D eigenvalue weighted by atomic mass is 16.1. The summed E-state index contributed by atoms with van der Waals surface area (Å²) in [5.41, 5.74) is 13.3. The van der Waals surface area contributed by atoms with E-state index in [4.69, 9.17) is 10.7 Å². The first-order valence-electron chi connectivity index (χ1n) is 10.7. The number of aryl methyl sites for hydroxylation is 1. The Bertz CT molecular complexity index is 1140. The van der Waals surface area contributed by atoms with E-state index >= 15 is 0 Å². The average molecular weight is 401 g/mol. The van der Waals surface area contributed by atoms with Crippen LogP contribution in [0.15, 0.2) is 53.8 Å². The molecule has 0 saturated heterocycles. The number of nitrogens with two attached hydrogens (primary N) is 1. The SMILES string of the molecule is CC.Cc1ccccc1C1=N[C@@H](C)c2c(C(N)=O)ncn2-c2ccc(C3CC3)cc21. The molecule has 1 saturated carbocycles. The fraction of sp³-hybridized carbons (Fsp3) is 0.320. The minimum Gasteiger partial charge on any atom is -0.364 e. The summed E-state index contributed by atoms with van der Waals surface area (Å²) in [6, 6.07) is 14.7. The fourth-order valence-electron chi connectivity index (χ4n) is 4.14. The number of imidazole rings is 1. The third-order valence-electron chi connectivity index (χ3n) is 5.74. The van der Waals surface area contributed by atoms with Crippen molar-refractivity contribution < 1.29 is 4.79 Å². The quantitative estimate of drug-likeness (QED) is 0.664. The summed E-state index contributed by atoms with van der Waals surface area (Å²) in [6.07, 6.45) is 4.18. The smallest absolute Gasteiger partial charge is 0.269 e. The van der Waals surface area contributed by atoms with Crippen LogP contribution in [-0.4, -0.2) is 21.2 Å². The summed E-state index contributed by atoms with van der Waals surface area (Å²) >= 11 is 0. The number of amides is 1. The number of nitrogens with zero attached hydrogens (tertiary/aromatic N) is 3. The highest BCUT2D eigenvalue weighted by Gasteiger charge is 2.30. The lowest BCUT2D eigenvalue weighted by Gasteiger charge is -2.15. The average Bonchev–Trinajstić information content (AvgIpc) is 3.52. The van der Waals surface area contributed by atoms with Gasteiger partial charge < -0.3 is 5.73 Å². The summed E-state index contributed by atoms with van der Waals surface area (Å²) < 4.78 is 1.98. The minimum atomic E-state index is -0.522. The van der Waals surface area contributed by atoms with E-state index in [-0.39, 0.29) is 6.04 Å². The maximum atomic E-state index is 12.0. The van der Waals surface area contributed by atoms with Gasteiger partial charge in [0.05, 0.1) is 23.1 Å². The molecule has 0 bridgehead atoms. The molecule has 1 atom stereocenters. The second-order valence-electron chi connectivity index (χ2n) is 7.73. The number of carbonyl (C=O) groups is 1. The molecule has 30 heavy (non-hydrogen) atoms. The Balaban J connectivity index is 0.00000106. The van der Waals surface area contributed by atoms with Crippen molar-refractivity contribution >= 4 is 11.6 Å². The van der Waals surface area contributed by atoms with Crippen LogP contribution in [0, 0.1) is 6.92 Å². The van der Waals surface area contributed by atoms with Gasteiger partial charge in [0, 0.05) is 11.1 Å². The summed E-state index contributed by atoms with van der Waals surface area (Å²) in [6.45, 7) is 8.10. The molecular weight excluding hydrogens is 372 g/mol. The topological polar surface area (TPSA) is 73.3 Å². The molecule has 5 rings (SSSR count). The number of carbonyl (C=O) groups excluding carboxylic acids is 1. The molecule has 1 amide bonds. The molecule has 1 aliphatic carbocycles. The van der Waals surface area contributed by atoms with Gasteiger partial charge in [0.15, 0.2) is 5.69 Å². The van der Waals surface area contributed by atoms with Crippen LogP contribution in [0.1, 0.15) is 84.0 Å². The second kappa shape index (κ2) is 7.90. The zero-order valence-electron chi connectivity index (χ0n) is 18.0. The number of hydrogen-bond donors (Lipinski definition) is 1. The molecule has 0 unspecified atom stereocenters. The van der Waals surface area contributed by atoms with E-state index in [9.17, 15) is 4.79 Å². The Kier molecular flexibility index (Phi) is 5.29. The van der Waals surface area contributed by atoms with Crippen molar-refractivity contribution in [2.45, 2.75) is 52.5 Å². The molecule has 1 fully saturated rings. The molecule has 0 radical (unpaired) electrons. The van der Waals surface area contributed by atoms with Crippen molar-refractivity contribution in [2.24, 2.45) is 10.7 Å². The highest BCUT2D eigenvalue weighted by molar-refractivity contribution is 6.16. The van der Waals surface area contributed by atoms with Gasteiger partial charge in [-0.25, -0.2) is 4.98 Å². The molecule has 154 valence electrons. The molecule has 5 nitrogen and oxygen atoms in total. The fourth-order valence-corrected chi connectivity index (χ4v) is 4.14. The lowest BCUT2D eigenvalue weighted by Crippen LogP contribution is -2.15. The lowest BCUT2D eigenvalue weighted by molar-refractivity contribution is 0.0994. The number of hydrogen-bond acceptors (Lipinski definition) is 3. The number of aromatic nitrogens is 2. The van der Waals surface area contributed by atoms with Gasteiger partial charge in [-0.3, -0.25) is 14.4 Å². The van der Waals surface area contributed by atoms with E-state index < -0.39 is 5.91 Å². The third-order valence-corrected chi connectivity index (χ3v) is 5.74. The Morgan fingerprint density at radius 2 is 1.83 bits per heavy atom. The second-order valence-corrected chi connectivity index (χ2v) is 7.73. The van der Waals surface area contributed by atoms with Gasteiger partial charge in [0.1, 0.15) is 6.33 Å². The number of primary amides is 1. The minimum absolute atomic E-state index is 0.239. The number of fused-ring (bicyclic) bond motifs is 3. The molecule has 1 aromatic heterocycles. The van der Waals surface area contributed by atoms with Crippen molar-refractivity contribution in [2.75, 3.05) is 0 Å². The first kappa shape index (κ1) is 20.1. The van der Waals surface area contributed by atoms with E-state index in [1.165, 1.54) is 24.0 Å². The molecular formula is C25H28N4O. The summed E-state index contributed by atoms with van der Waals surface area (Å²) in [7, 11) is 0. The van der Waals surface area contributed by atoms with Crippen molar-refractivity contribution in [3.8, 4) is 5.69 Å². The number of benzene rings is 2. The summed E-state index contributed by atoms with van der Waals surface area (Å²) in [5.74, 6) is 0.124. The highest BCUT2D eigenvalue weighted by Crippen LogP contribution is 2.42. The first-order valence-corrected chi connectivity index (χ1v) is 10.7. The molecule has 1 aliphatic heterocycles. The van der Waals surface area contributed by atoms with E-state index in [1.807, 2.05) is 37.5 Å². The van der Waals surface area contributed by atoms with Crippen LogP contribution in [0.5, 0.6) is 0 Å². The Hall–Kier alpha value is -3.21. The predicted octanol–water partition coefficient (Wildman–Crippen LogP) is 5.10. The van der Waals surface area contributed by atoms with Gasteiger partial charge in [0.2, 0.25) is 0 Å². The molecule has 2 N–H and O–H groups in total. The monoisotopic (exact) mass is 400 g/mol.